The molecule has 1 aromatic rings. The first-order valence-corrected chi connectivity index (χ1v) is 8.12. The van der Waals surface area contributed by atoms with Gasteiger partial charge < -0.3 is 10.2 Å². The lowest BCUT2D eigenvalue weighted by atomic mass is 10.2. The van der Waals surface area contributed by atoms with Crippen molar-refractivity contribution >= 4 is 33.3 Å². The normalized spacial score (nSPS) is 13.1. The Balaban J connectivity index is 2.85. The number of aryl methyl sites for hydroxylation is 1. The summed E-state index contributed by atoms with van der Waals surface area (Å²) in [6.45, 7) is 1.88. The lowest BCUT2D eigenvalue weighted by molar-refractivity contribution is -0.140. The van der Waals surface area contributed by atoms with Crippen molar-refractivity contribution in [2.75, 3.05) is 0 Å². The van der Waals surface area contributed by atoms with E-state index >= 15 is 0 Å². The second-order valence-corrected chi connectivity index (χ2v) is 7.13. The molecule has 9 heteroatoms. The Kier molecular flexibility index (Phi) is 5.66. The van der Waals surface area contributed by atoms with E-state index in [1.807, 2.05) is 11.6 Å². The van der Waals surface area contributed by atoms with Gasteiger partial charge in [0, 0.05) is 11.3 Å². The number of sulfonamides is 1. The van der Waals surface area contributed by atoms with Crippen LogP contribution in [-0.2, 0) is 26.0 Å². The second kappa shape index (κ2) is 6.82. The third kappa shape index (κ3) is 4.58. The zero-order chi connectivity index (χ0) is 15.3. The molecule has 0 aromatic carbocycles. The smallest absolute Gasteiger partial charge is 0.321 e. The van der Waals surface area contributed by atoms with Gasteiger partial charge in [0.1, 0.15) is 10.3 Å². The summed E-state index contributed by atoms with van der Waals surface area (Å²) in [7, 11) is -3.95. The Morgan fingerprint density at radius 3 is 2.45 bits per heavy atom. The van der Waals surface area contributed by atoms with Gasteiger partial charge in [-0.15, -0.1) is 11.3 Å². The topological polar surface area (TPSA) is 121 Å². The number of aliphatic carboxylic acids is 2. The largest absolute Gasteiger partial charge is 0.481 e. The van der Waals surface area contributed by atoms with Crippen molar-refractivity contribution in [2.45, 2.75) is 36.4 Å². The monoisotopic (exact) mass is 321 g/mol. The number of carboxylic acid groups (broad SMARTS) is 2. The molecule has 0 aliphatic rings. The molecule has 1 aromatic heterocycles. The first kappa shape index (κ1) is 16.6. The maximum absolute atomic E-state index is 12.0. The number of hydrogen-bond donors (Lipinski definition) is 3. The lowest BCUT2D eigenvalue weighted by Crippen LogP contribution is -2.40. The molecule has 1 rings (SSSR count). The summed E-state index contributed by atoms with van der Waals surface area (Å²) in [5, 5.41) is 17.5. The first-order valence-electron chi connectivity index (χ1n) is 5.82. The number of rotatable bonds is 8. The van der Waals surface area contributed by atoms with Crippen LogP contribution in [0.15, 0.2) is 16.3 Å². The van der Waals surface area contributed by atoms with Gasteiger partial charge in [-0.1, -0.05) is 6.92 Å². The van der Waals surface area contributed by atoms with Gasteiger partial charge in [0.25, 0.3) is 10.0 Å². The number of carbonyl (C=O) groups is 2. The molecular formula is C11H15NO6S2. The van der Waals surface area contributed by atoms with Crippen molar-refractivity contribution in [3.8, 4) is 0 Å². The third-order valence-corrected chi connectivity index (χ3v) is 5.69. The minimum absolute atomic E-state index is 0.0240. The highest BCUT2D eigenvalue weighted by Crippen LogP contribution is 2.22. The Hall–Kier alpha value is -1.45. The van der Waals surface area contributed by atoms with Crippen LogP contribution in [0.2, 0.25) is 0 Å². The van der Waals surface area contributed by atoms with Crippen LogP contribution in [0.4, 0.5) is 0 Å². The quantitative estimate of drug-likeness (QED) is 0.654. The lowest BCUT2D eigenvalue weighted by Gasteiger charge is -2.12. The zero-order valence-electron chi connectivity index (χ0n) is 10.7. The fourth-order valence-electron chi connectivity index (χ4n) is 1.44. The van der Waals surface area contributed by atoms with E-state index in [1.54, 1.807) is 6.07 Å². The summed E-state index contributed by atoms with van der Waals surface area (Å²) < 4.78 is 26.1. The average Bonchev–Trinajstić information content (AvgIpc) is 2.83. The molecule has 0 bridgehead atoms. The Morgan fingerprint density at radius 1 is 1.35 bits per heavy atom. The molecule has 3 N–H and O–H groups in total. The van der Waals surface area contributed by atoms with Crippen LogP contribution in [0.5, 0.6) is 0 Å². The van der Waals surface area contributed by atoms with E-state index in [2.05, 4.69) is 0 Å². The van der Waals surface area contributed by atoms with Crippen LogP contribution < -0.4 is 4.72 Å². The van der Waals surface area contributed by atoms with Crippen LogP contribution in [0.25, 0.3) is 0 Å². The minimum Gasteiger partial charge on any atom is -0.481 e. The van der Waals surface area contributed by atoms with Crippen molar-refractivity contribution in [3.63, 3.8) is 0 Å². The molecule has 0 radical (unpaired) electrons. The number of nitrogens with one attached hydrogen (secondary N) is 1. The average molecular weight is 321 g/mol. The Labute approximate surface area is 120 Å². The molecule has 1 heterocycles. The number of thiophene rings is 1. The van der Waals surface area contributed by atoms with Gasteiger partial charge in [-0.25, -0.2) is 8.42 Å². The Morgan fingerprint density at radius 2 is 2.00 bits per heavy atom. The van der Waals surface area contributed by atoms with Gasteiger partial charge in [0.15, 0.2) is 0 Å². The van der Waals surface area contributed by atoms with Crippen LogP contribution in [0.1, 0.15) is 24.6 Å². The van der Waals surface area contributed by atoms with E-state index in [9.17, 15) is 18.0 Å². The molecule has 0 saturated heterocycles. The zero-order valence-corrected chi connectivity index (χ0v) is 12.3. The van der Waals surface area contributed by atoms with E-state index < -0.39 is 34.4 Å². The second-order valence-electron chi connectivity index (χ2n) is 4.02. The summed E-state index contributed by atoms with van der Waals surface area (Å²) in [5.41, 5.74) is 0. The van der Waals surface area contributed by atoms with E-state index in [0.29, 0.717) is 6.42 Å². The van der Waals surface area contributed by atoms with Gasteiger partial charge in [0.2, 0.25) is 0 Å². The van der Waals surface area contributed by atoms with E-state index in [1.165, 1.54) is 6.07 Å². The van der Waals surface area contributed by atoms with Crippen LogP contribution in [-0.4, -0.2) is 36.6 Å². The van der Waals surface area contributed by atoms with Crippen LogP contribution in [0, 0.1) is 0 Å². The highest BCUT2D eigenvalue weighted by Gasteiger charge is 2.26. The van der Waals surface area contributed by atoms with E-state index in [-0.39, 0.29) is 10.6 Å². The van der Waals surface area contributed by atoms with E-state index in [0.717, 1.165) is 16.2 Å². The Bertz CT molecular complexity index is 592. The van der Waals surface area contributed by atoms with Crippen LogP contribution >= 0.6 is 11.3 Å². The molecule has 1 atom stereocenters. The molecule has 0 spiro atoms. The van der Waals surface area contributed by atoms with Gasteiger partial charge in [0.05, 0.1) is 0 Å². The predicted octanol–water partition coefficient (Wildman–Crippen LogP) is 0.907. The fraction of sp³-hybridized carbons (Fsp3) is 0.455. The van der Waals surface area contributed by atoms with Gasteiger partial charge in [-0.3, -0.25) is 9.59 Å². The molecule has 0 fully saturated rings. The van der Waals surface area contributed by atoms with Gasteiger partial charge in [-0.05, 0) is 25.0 Å². The molecule has 112 valence electrons. The standard InChI is InChI=1S/C11H15NO6S2/c1-2-7-3-6-10(19-7)20(17,18)12-8(11(15)16)4-5-9(13)14/h3,6,8,12H,2,4-5H2,1H3,(H,13,14)(H,15,16)/t8-/m0/s1. The molecule has 0 amide bonds. The van der Waals surface area contributed by atoms with E-state index in [4.69, 9.17) is 10.2 Å². The molecule has 0 saturated carbocycles. The predicted molar refractivity (Wildman–Crippen MR) is 72.3 cm³/mol. The number of carboxylic acids is 2. The van der Waals surface area contributed by atoms with Crippen molar-refractivity contribution in [1.29, 1.82) is 0 Å². The molecular weight excluding hydrogens is 306 g/mol. The van der Waals surface area contributed by atoms with Crippen molar-refractivity contribution in [2.24, 2.45) is 0 Å². The minimum atomic E-state index is -3.95. The summed E-state index contributed by atoms with van der Waals surface area (Å²) in [5.74, 6) is -2.58. The highest BCUT2D eigenvalue weighted by atomic mass is 32.2. The molecule has 20 heavy (non-hydrogen) atoms. The summed E-state index contributed by atoms with van der Waals surface area (Å²) in [6.07, 6.45) is -0.0540. The van der Waals surface area contributed by atoms with Gasteiger partial charge >= 0.3 is 11.9 Å². The third-order valence-electron chi connectivity index (χ3n) is 2.49. The van der Waals surface area contributed by atoms with Crippen molar-refractivity contribution < 1.29 is 28.2 Å². The summed E-state index contributed by atoms with van der Waals surface area (Å²) >= 11 is 1.06. The number of hydrogen-bond acceptors (Lipinski definition) is 5. The SMILES string of the molecule is CCc1ccc(S(=O)(=O)N[C@@H](CCC(=O)O)C(=O)O)s1. The molecule has 0 unspecified atom stereocenters. The maximum Gasteiger partial charge on any atom is 0.321 e. The van der Waals surface area contributed by atoms with Crippen LogP contribution in [0.3, 0.4) is 0 Å². The summed E-state index contributed by atoms with van der Waals surface area (Å²) in [4.78, 5) is 22.3. The molecule has 7 nitrogen and oxygen atoms in total. The first-order chi connectivity index (χ1) is 9.26. The van der Waals surface area contributed by atoms with Crippen molar-refractivity contribution in [3.05, 3.63) is 17.0 Å². The highest BCUT2D eigenvalue weighted by molar-refractivity contribution is 7.91. The molecule has 0 aliphatic carbocycles. The van der Waals surface area contributed by atoms with Gasteiger partial charge in [-0.2, -0.15) is 4.72 Å². The maximum atomic E-state index is 12.0. The fourth-order valence-corrected chi connectivity index (χ4v) is 3.97. The summed E-state index contributed by atoms with van der Waals surface area (Å²) in [6, 6.07) is 1.61. The van der Waals surface area contributed by atoms with Crippen molar-refractivity contribution in [1.82, 2.24) is 4.72 Å². The molecule has 0 aliphatic heterocycles.